The fraction of sp³-hybridized carbons (Fsp3) is 0.208. The number of carboxylic acid groups (broad SMARTS) is 1. The zero-order valence-electron chi connectivity index (χ0n) is 19.1. The van der Waals surface area contributed by atoms with Gasteiger partial charge in [-0.25, -0.2) is 9.78 Å². The highest BCUT2D eigenvalue weighted by atomic mass is 16.4. The molecular formula is C24H25N7O5. The Bertz CT molecular complexity index is 1390. The summed E-state index contributed by atoms with van der Waals surface area (Å²) in [4.78, 5) is 41.8. The average molecular weight is 492 g/mol. The molecule has 0 saturated heterocycles. The van der Waals surface area contributed by atoms with E-state index in [0.29, 0.717) is 11.1 Å². The first-order valence-electron chi connectivity index (χ1n) is 11.1. The molecule has 1 saturated carbocycles. The molecule has 1 amide bonds. The lowest BCUT2D eigenvalue weighted by atomic mass is 10.1. The maximum Gasteiger partial charge on any atom is 0.335 e. The number of amidine groups is 1. The topological polar surface area (TPSA) is 198 Å². The lowest BCUT2D eigenvalue weighted by Gasteiger charge is -2.16. The van der Waals surface area contributed by atoms with Crippen molar-refractivity contribution in [3.8, 4) is 11.3 Å². The zero-order chi connectivity index (χ0) is 25.8. The van der Waals surface area contributed by atoms with Gasteiger partial charge in [0.25, 0.3) is 5.56 Å². The Kier molecular flexibility index (Phi) is 6.86. The van der Waals surface area contributed by atoms with Gasteiger partial charge in [0.1, 0.15) is 6.54 Å². The van der Waals surface area contributed by atoms with Gasteiger partial charge in [-0.2, -0.15) is 0 Å². The van der Waals surface area contributed by atoms with E-state index in [0.717, 1.165) is 18.4 Å². The molecule has 0 unspecified atom stereocenters. The van der Waals surface area contributed by atoms with Crippen molar-refractivity contribution in [1.29, 1.82) is 0 Å². The molecule has 186 valence electrons. The molecule has 3 aromatic rings. The largest absolute Gasteiger partial charge is 0.478 e. The van der Waals surface area contributed by atoms with Crippen molar-refractivity contribution in [3.05, 3.63) is 75.7 Å². The van der Waals surface area contributed by atoms with Crippen molar-refractivity contribution in [3.63, 3.8) is 0 Å². The molecule has 0 bridgehead atoms. The van der Waals surface area contributed by atoms with Crippen LogP contribution in [0.4, 0.5) is 11.5 Å². The van der Waals surface area contributed by atoms with Crippen LogP contribution in [0.3, 0.4) is 0 Å². The number of rotatable bonds is 9. The van der Waals surface area contributed by atoms with Crippen LogP contribution in [0.2, 0.25) is 0 Å². The summed E-state index contributed by atoms with van der Waals surface area (Å²) in [7, 11) is 0. The number of nitrogens with one attached hydrogen (secondary N) is 2. The molecule has 4 rings (SSSR count). The van der Waals surface area contributed by atoms with Crippen LogP contribution in [0, 0.1) is 0 Å². The number of aromatic nitrogens is 2. The maximum atomic E-state index is 13.2. The summed E-state index contributed by atoms with van der Waals surface area (Å²) in [5.41, 5.74) is 13.0. The van der Waals surface area contributed by atoms with Crippen LogP contribution in [-0.4, -0.2) is 43.6 Å². The summed E-state index contributed by atoms with van der Waals surface area (Å²) >= 11 is 0. The number of nitrogens with zero attached hydrogens (tertiary/aromatic N) is 3. The van der Waals surface area contributed by atoms with Crippen molar-refractivity contribution in [1.82, 2.24) is 14.9 Å². The van der Waals surface area contributed by atoms with Crippen LogP contribution in [0.15, 0.2) is 58.6 Å². The molecule has 12 nitrogen and oxygen atoms in total. The number of oxime groups is 1. The van der Waals surface area contributed by atoms with Gasteiger partial charge in [0.15, 0.2) is 11.7 Å². The molecule has 12 heteroatoms. The molecule has 1 aromatic heterocycles. The summed E-state index contributed by atoms with van der Waals surface area (Å²) < 4.78 is 1.25. The fourth-order valence-electron chi connectivity index (χ4n) is 3.57. The van der Waals surface area contributed by atoms with Gasteiger partial charge in [-0.05, 0) is 36.6 Å². The van der Waals surface area contributed by atoms with Gasteiger partial charge in [0.2, 0.25) is 5.91 Å². The maximum absolute atomic E-state index is 13.2. The average Bonchev–Trinajstić information content (AvgIpc) is 3.69. The van der Waals surface area contributed by atoms with E-state index in [1.807, 2.05) is 0 Å². The number of hydrogen-bond acceptors (Lipinski definition) is 8. The summed E-state index contributed by atoms with van der Waals surface area (Å²) in [5.74, 6) is -1.52. The minimum absolute atomic E-state index is 0.0293. The minimum atomic E-state index is -1.17. The second-order valence-corrected chi connectivity index (χ2v) is 8.41. The number of carbonyl (C=O) groups is 2. The standard InChI is InChI=1S/C24H25N7O5/c25-17-8-15(7-16(9-17)24(34)35)19-11-28-22(29-18-5-6-18)23(33)31(19)12-20(32)27-10-13-1-3-14(4-2-13)21(26)30-36/h1-4,7-9,11,18,36H,5-6,10,12,25H2,(H2,26,30)(H,27,32)(H,28,29)(H,34,35). The number of nitrogen functional groups attached to an aromatic ring is 1. The van der Waals surface area contributed by atoms with Gasteiger partial charge >= 0.3 is 5.97 Å². The minimum Gasteiger partial charge on any atom is -0.478 e. The molecule has 0 radical (unpaired) electrons. The fourth-order valence-corrected chi connectivity index (χ4v) is 3.57. The smallest absolute Gasteiger partial charge is 0.335 e. The monoisotopic (exact) mass is 491 g/mol. The molecule has 0 aliphatic heterocycles. The van der Waals surface area contributed by atoms with E-state index in [4.69, 9.17) is 16.7 Å². The molecule has 1 heterocycles. The van der Waals surface area contributed by atoms with Crippen LogP contribution in [0.25, 0.3) is 11.3 Å². The number of carboxylic acids is 1. The molecule has 1 aliphatic rings. The number of aromatic carboxylic acids is 1. The molecule has 1 fully saturated rings. The first-order valence-corrected chi connectivity index (χ1v) is 11.1. The highest BCUT2D eigenvalue weighted by Crippen LogP contribution is 2.25. The Hall–Kier alpha value is -4.87. The first kappa shape index (κ1) is 24.3. The Morgan fingerprint density at radius 2 is 1.86 bits per heavy atom. The van der Waals surface area contributed by atoms with E-state index in [1.165, 1.54) is 29.0 Å². The van der Waals surface area contributed by atoms with Crippen molar-refractivity contribution in [2.45, 2.75) is 32.0 Å². The number of amides is 1. The number of anilines is 2. The van der Waals surface area contributed by atoms with Crippen molar-refractivity contribution in [2.24, 2.45) is 10.9 Å². The molecule has 1 aliphatic carbocycles. The third kappa shape index (κ3) is 5.60. The van der Waals surface area contributed by atoms with Gasteiger partial charge in [-0.1, -0.05) is 29.4 Å². The van der Waals surface area contributed by atoms with Gasteiger partial charge in [0, 0.05) is 29.4 Å². The van der Waals surface area contributed by atoms with Crippen LogP contribution in [-0.2, 0) is 17.9 Å². The molecule has 0 spiro atoms. The number of nitrogens with two attached hydrogens (primary N) is 2. The third-order valence-electron chi connectivity index (χ3n) is 5.62. The SMILES string of the molecule is N/C(=N/O)c1ccc(CNC(=O)Cn2c(-c3cc(N)cc(C(=O)O)c3)cnc(NC3CC3)c2=O)cc1. The lowest BCUT2D eigenvalue weighted by Crippen LogP contribution is -2.34. The van der Waals surface area contributed by atoms with Crippen LogP contribution >= 0.6 is 0 Å². The Morgan fingerprint density at radius 1 is 1.14 bits per heavy atom. The predicted molar refractivity (Wildman–Crippen MR) is 133 cm³/mol. The van der Waals surface area contributed by atoms with Crippen molar-refractivity contribution < 1.29 is 19.9 Å². The van der Waals surface area contributed by atoms with Crippen molar-refractivity contribution in [2.75, 3.05) is 11.1 Å². The Labute approximate surface area is 205 Å². The van der Waals surface area contributed by atoms with E-state index in [2.05, 4.69) is 20.8 Å². The quantitative estimate of drug-likeness (QED) is 0.0836. The van der Waals surface area contributed by atoms with Gasteiger partial charge in [-0.15, -0.1) is 0 Å². The van der Waals surface area contributed by atoms with Crippen LogP contribution < -0.4 is 27.7 Å². The molecule has 8 N–H and O–H groups in total. The molecule has 2 aromatic carbocycles. The highest BCUT2D eigenvalue weighted by molar-refractivity contribution is 5.97. The summed E-state index contributed by atoms with van der Waals surface area (Å²) in [5, 5.41) is 26.9. The summed E-state index contributed by atoms with van der Waals surface area (Å²) in [6.45, 7) is -0.144. The van der Waals surface area contributed by atoms with Gasteiger partial charge < -0.3 is 32.4 Å². The molecular weight excluding hydrogens is 466 g/mol. The van der Waals surface area contributed by atoms with E-state index in [-0.39, 0.29) is 47.7 Å². The summed E-state index contributed by atoms with van der Waals surface area (Å²) in [6.07, 6.45) is 3.27. The van der Waals surface area contributed by atoms with E-state index >= 15 is 0 Å². The van der Waals surface area contributed by atoms with E-state index < -0.39 is 17.4 Å². The summed E-state index contributed by atoms with van der Waals surface area (Å²) in [6, 6.07) is 11.1. The Morgan fingerprint density at radius 3 is 2.50 bits per heavy atom. The van der Waals surface area contributed by atoms with Crippen LogP contribution in [0.5, 0.6) is 0 Å². The highest BCUT2D eigenvalue weighted by Gasteiger charge is 2.24. The zero-order valence-corrected chi connectivity index (χ0v) is 19.1. The molecule has 0 atom stereocenters. The Balaban J connectivity index is 1.60. The van der Waals surface area contributed by atoms with E-state index in [1.54, 1.807) is 24.3 Å². The molecule has 36 heavy (non-hydrogen) atoms. The number of hydrogen-bond donors (Lipinski definition) is 6. The van der Waals surface area contributed by atoms with Crippen LogP contribution in [0.1, 0.15) is 34.3 Å². The van der Waals surface area contributed by atoms with Crippen molar-refractivity contribution >= 4 is 29.2 Å². The van der Waals surface area contributed by atoms with Gasteiger partial charge in [-0.3, -0.25) is 14.2 Å². The second-order valence-electron chi connectivity index (χ2n) is 8.41. The lowest BCUT2D eigenvalue weighted by molar-refractivity contribution is -0.121. The number of benzene rings is 2. The predicted octanol–water partition coefficient (Wildman–Crippen LogP) is 1.18. The third-order valence-corrected chi connectivity index (χ3v) is 5.62. The second kappa shape index (κ2) is 10.2. The van der Waals surface area contributed by atoms with E-state index in [9.17, 15) is 19.5 Å². The first-order chi connectivity index (χ1) is 17.2. The van der Waals surface area contributed by atoms with Gasteiger partial charge in [0.05, 0.1) is 17.5 Å². The number of carbonyl (C=O) groups excluding carboxylic acids is 1. The normalized spacial score (nSPS) is 13.3.